The van der Waals surface area contributed by atoms with Gasteiger partial charge in [0.05, 0.1) is 5.75 Å². The number of nitrogens with zero attached hydrogens (tertiary/aromatic N) is 3. The van der Waals surface area contributed by atoms with Crippen LogP contribution in [0.3, 0.4) is 0 Å². The molecule has 0 fully saturated rings. The van der Waals surface area contributed by atoms with Crippen molar-refractivity contribution in [3.05, 3.63) is 58.9 Å². The highest BCUT2D eigenvalue weighted by molar-refractivity contribution is 7.99. The maximum atomic E-state index is 12.5. The van der Waals surface area contributed by atoms with Gasteiger partial charge in [-0.1, -0.05) is 23.4 Å². The Kier molecular flexibility index (Phi) is 5.40. The lowest BCUT2D eigenvalue weighted by Crippen LogP contribution is -2.06. The number of ketones is 1. The molecule has 7 nitrogen and oxygen atoms in total. The van der Waals surface area contributed by atoms with Gasteiger partial charge >= 0.3 is 0 Å². The monoisotopic (exact) mass is 417 g/mol. The molecule has 0 atom stereocenters. The lowest BCUT2D eigenvalue weighted by molar-refractivity contribution is 0.102. The highest BCUT2D eigenvalue weighted by Crippen LogP contribution is 2.33. The summed E-state index contributed by atoms with van der Waals surface area (Å²) in [5.74, 6) is 2.82. The fourth-order valence-electron chi connectivity index (χ4n) is 2.56. The highest BCUT2D eigenvalue weighted by Gasteiger charge is 2.17. The number of carbonyl (C=O) groups is 1. The third-order valence-corrected chi connectivity index (χ3v) is 5.41. The smallest absolute Gasteiger partial charge is 0.231 e. The molecule has 0 saturated heterocycles. The van der Waals surface area contributed by atoms with Gasteiger partial charge < -0.3 is 18.8 Å². The average molecular weight is 418 g/mol. The Morgan fingerprint density at radius 3 is 2.79 bits per heavy atom. The number of aromatic nitrogens is 3. The number of fused-ring (bicyclic) bond motifs is 1. The van der Waals surface area contributed by atoms with E-state index in [9.17, 15) is 4.79 Å². The summed E-state index contributed by atoms with van der Waals surface area (Å²) in [7, 11) is 1.84. The van der Waals surface area contributed by atoms with E-state index < -0.39 is 0 Å². The van der Waals surface area contributed by atoms with E-state index >= 15 is 0 Å². The molecule has 0 unspecified atom stereocenters. The van der Waals surface area contributed by atoms with Gasteiger partial charge in [-0.3, -0.25) is 4.79 Å². The molecule has 28 heavy (non-hydrogen) atoms. The van der Waals surface area contributed by atoms with Crippen molar-refractivity contribution in [3.8, 4) is 17.2 Å². The van der Waals surface area contributed by atoms with Crippen molar-refractivity contribution < 1.29 is 19.0 Å². The molecule has 0 aliphatic carbocycles. The van der Waals surface area contributed by atoms with Crippen LogP contribution < -0.4 is 14.2 Å². The number of halogens is 1. The molecule has 144 valence electrons. The van der Waals surface area contributed by atoms with Gasteiger partial charge in [-0.05, 0) is 42.5 Å². The third kappa shape index (κ3) is 4.07. The molecule has 1 aromatic heterocycles. The van der Waals surface area contributed by atoms with E-state index in [2.05, 4.69) is 10.2 Å². The summed E-state index contributed by atoms with van der Waals surface area (Å²) in [5, 5.41) is 9.58. The zero-order valence-electron chi connectivity index (χ0n) is 14.9. The van der Waals surface area contributed by atoms with Gasteiger partial charge in [-0.2, -0.15) is 0 Å². The first kappa shape index (κ1) is 18.6. The van der Waals surface area contributed by atoms with Gasteiger partial charge in [0.2, 0.25) is 6.79 Å². The number of hydrogen-bond donors (Lipinski definition) is 0. The topological polar surface area (TPSA) is 75.5 Å². The second-order valence-corrected chi connectivity index (χ2v) is 7.36. The number of Topliss-reactive ketones (excluding diaryl/α,β-unsaturated/α-hetero) is 1. The SMILES string of the molecule is Cn1c(COc2ccc(Cl)cc2)nnc1SCC(=O)c1ccc2c(c1)OCO2. The molecule has 0 N–H and O–H groups in total. The van der Waals surface area contributed by atoms with Crippen molar-refractivity contribution in [3.63, 3.8) is 0 Å². The molecule has 1 aliphatic rings. The van der Waals surface area contributed by atoms with E-state index in [0.717, 1.165) is 0 Å². The molecule has 1 aliphatic heterocycles. The summed E-state index contributed by atoms with van der Waals surface area (Å²) in [6.07, 6.45) is 0. The Hall–Kier alpha value is -2.71. The summed E-state index contributed by atoms with van der Waals surface area (Å²) < 4.78 is 18.1. The van der Waals surface area contributed by atoms with Gasteiger partial charge in [0.25, 0.3) is 0 Å². The first-order valence-electron chi connectivity index (χ1n) is 8.42. The van der Waals surface area contributed by atoms with Gasteiger partial charge in [-0.25, -0.2) is 0 Å². The predicted molar refractivity (Wildman–Crippen MR) is 104 cm³/mol. The third-order valence-electron chi connectivity index (χ3n) is 4.13. The van der Waals surface area contributed by atoms with E-state index in [-0.39, 0.29) is 24.9 Å². The van der Waals surface area contributed by atoms with Crippen LogP contribution in [0, 0.1) is 0 Å². The molecule has 3 aromatic rings. The van der Waals surface area contributed by atoms with E-state index in [1.54, 1.807) is 42.5 Å². The number of benzene rings is 2. The van der Waals surface area contributed by atoms with E-state index in [4.69, 9.17) is 25.8 Å². The average Bonchev–Trinajstić information content (AvgIpc) is 3.31. The zero-order chi connectivity index (χ0) is 19.5. The Morgan fingerprint density at radius 1 is 1.18 bits per heavy atom. The minimum Gasteiger partial charge on any atom is -0.486 e. The van der Waals surface area contributed by atoms with Gasteiger partial charge in [0.15, 0.2) is 28.3 Å². The molecule has 0 bridgehead atoms. The maximum Gasteiger partial charge on any atom is 0.231 e. The minimum atomic E-state index is -0.0229. The molecule has 0 amide bonds. The summed E-state index contributed by atoms with van der Waals surface area (Å²) in [6.45, 7) is 0.448. The summed E-state index contributed by atoms with van der Waals surface area (Å²) >= 11 is 7.19. The van der Waals surface area contributed by atoms with E-state index in [1.165, 1.54) is 11.8 Å². The summed E-state index contributed by atoms with van der Waals surface area (Å²) in [4.78, 5) is 12.5. The van der Waals surface area contributed by atoms with Crippen molar-refractivity contribution in [1.29, 1.82) is 0 Å². The van der Waals surface area contributed by atoms with Crippen LogP contribution in [0.15, 0.2) is 47.6 Å². The van der Waals surface area contributed by atoms with Crippen LogP contribution >= 0.6 is 23.4 Å². The molecule has 2 heterocycles. The molecule has 9 heteroatoms. The quantitative estimate of drug-likeness (QED) is 0.428. The molecule has 2 aromatic carbocycles. The molecule has 0 radical (unpaired) electrons. The van der Waals surface area contributed by atoms with Crippen LogP contribution in [-0.2, 0) is 13.7 Å². The normalized spacial score (nSPS) is 12.2. The molecule has 0 spiro atoms. The van der Waals surface area contributed by atoms with Crippen molar-refractivity contribution in [2.24, 2.45) is 7.05 Å². The first-order chi connectivity index (χ1) is 13.6. The Balaban J connectivity index is 1.35. The number of rotatable bonds is 7. The van der Waals surface area contributed by atoms with Crippen LogP contribution in [0.5, 0.6) is 17.2 Å². The lowest BCUT2D eigenvalue weighted by atomic mass is 10.1. The lowest BCUT2D eigenvalue weighted by Gasteiger charge is -2.06. The summed E-state index contributed by atoms with van der Waals surface area (Å²) in [5.41, 5.74) is 0.574. The Morgan fingerprint density at radius 2 is 1.96 bits per heavy atom. The molecular formula is C19H16ClN3O4S. The van der Waals surface area contributed by atoms with Crippen LogP contribution in [0.2, 0.25) is 5.02 Å². The van der Waals surface area contributed by atoms with Crippen molar-refractivity contribution >= 4 is 29.1 Å². The number of ether oxygens (including phenoxy) is 3. The summed E-state index contributed by atoms with van der Waals surface area (Å²) in [6, 6.07) is 12.3. The predicted octanol–water partition coefficient (Wildman–Crippen LogP) is 3.75. The molecular weight excluding hydrogens is 402 g/mol. The van der Waals surface area contributed by atoms with Crippen LogP contribution in [0.4, 0.5) is 0 Å². The largest absolute Gasteiger partial charge is 0.486 e. The number of hydrogen-bond acceptors (Lipinski definition) is 7. The highest BCUT2D eigenvalue weighted by atomic mass is 35.5. The van der Waals surface area contributed by atoms with E-state index in [0.29, 0.717) is 38.8 Å². The van der Waals surface area contributed by atoms with Crippen molar-refractivity contribution in [1.82, 2.24) is 14.8 Å². The zero-order valence-corrected chi connectivity index (χ0v) is 16.5. The maximum absolute atomic E-state index is 12.5. The second kappa shape index (κ2) is 8.12. The molecule has 0 saturated carbocycles. The Bertz CT molecular complexity index is 1010. The van der Waals surface area contributed by atoms with E-state index in [1.807, 2.05) is 11.6 Å². The van der Waals surface area contributed by atoms with Crippen LogP contribution in [-0.4, -0.2) is 33.1 Å². The van der Waals surface area contributed by atoms with Crippen molar-refractivity contribution in [2.75, 3.05) is 12.5 Å². The molecule has 4 rings (SSSR count). The number of carbonyl (C=O) groups excluding carboxylic acids is 1. The fourth-order valence-corrected chi connectivity index (χ4v) is 3.51. The minimum absolute atomic E-state index is 0.0229. The first-order valence-corrected chi connectivity index (χ1v) is 9.79. The van der Waals surface area contributed by atoms with Crippen LogP contribution in [0.1, 0.15) is 16.2 Å². The second-order valence-electron chi connectivity index (χ2n) is 5.98. The van der Waals surface area contributed by atoms with Crippen molar-refractivity contribution in [2.45, 2.75) is 11.8 Å². The van der Waals surface area contributed by atoms with Gasteiger partial charge in [0, 0.05) is 17.6 Å². The van der Waals surface area contributed by atoms with Gasteiger partial charge in [0.1, 0.15) is 12.4 Å². The standard InChI is InChI=1S/C19H16ClN3O4S/c1-23-18(9-25-14-5-3-13(20)4-6-14)21-22-19(23)28-10-15(24)12-2-7-16-17(8-12)27-11-26-16/h2-8H,9-11H2,1H3. The fraction of sp³-hybridized carbons (Fsp3) is 0.211. The van der Waals surface area contributed by atoms with Gasteiger partial charge in [-0.15, -0.1) is 10.2 Å². The Labute approximate surface area is 170 Å². The van der Waals surface area contributed by atoms with Crippen LogP contribution in [0.25, 0.3) is 0 Å². The number of thioether (sulfide) groups is 1.